The summed E-state index contributed by atoms with van der Waals surface area (Å²) in [6.45, 7) is 9.44. The minimum absolute atomic E-state index is 0.0416. The maximum Gasteiger partial charge on any atom is 0.340 e. The molecular weight excluding hydrogens is 448 g/mol. The van der Waals surface area contributed by atoms with Gasteiger partial charge in [0.15, 0.2) is 0 Å². The molecule has 0 aliphatic rings. The minimum Gasteiger partial charge on any atom is -0.379 e. The predicted octanol–water partition coefficient (Wildman–Crippen LogP) is 4.74. The Labute approximate surface area is 197 Å². The van der Waals surface area contributed by atoms with Crippen LogP contribution in [0.1, 0.15) is 38.3 Å². The van der Waals surface area contributed by atoms with Crippen molar-refractivity contribution in [3.63, 3.8) is 0 Å². The third kappa shape index (κ3) is 7.80. The van der Waals surface area contributed by atoms with Crippen molar-refractivity contribution in [2.75, 3.05) is 27.2 Å². The monoisotopic (exact) mass is 480 g/mol. The predicted molar refractivity (Wildman–Crippen MR) is 128 cm³/mol. The fraction of sp³-hybridized carbons (Fsp3) is 0.458. The zero-order valence-electron chi connectivity index (χ0n) is 19.7. The van der Waals surface area contributed by atoms with Gasteiger partial charge in [0.2, 0.25) is 5.91 Å². The van der Waals surface area contributed by atoms with Crippen molar-refractivity contribution in [3.8, 4) is 5.75 Å². The molecule has 6 nitrogen and oxygen atoms in total. The molecule has 0 aromatic heterocycles. The van der Waals surface area contributed by atoms with Crippen LogP contribution < -0.4 is 4.18 Å². The van der Waals surface area contributed by atoms with Crippen LogP contribution in [0.2, 0.25) is 5.02 Å². The molecule has 0 unspecified atom stereocenters. The minimum atomic E-state index is -4.10. The number of aryl methyl sites for hydroxylation is 1. The smallest absolute Gasteiger partial charge is 0.340 e. The van der Waals surface area contributed by atoms with Gasteiger partial charge >= 0.3 is 10.1 Å². The normalized spacial score (nSPS) is 12.1. The van der Waals surface area contributed by atoms with Crippen LogP contribution >= 0.6 is 11.6 Å². The third-order valence-corrected chi connectivity index (χ3v) is 6.62. The summed E-state index contributed by atoms with van der Waals surface area (Å²) in [7, 11) is -0.179. The highest BCUT2D eigenvalue weighted by molar-refractivity contribution is 7.87. The van der Waals surface area contributed by atoms with Gasteiger partial charge in [-0.3, -0.25) is 4.79 Å². The third-order valence-electron chi connectivity index (χ3n) is 4.74. The van der Waals surface area contributed by atoms with Crippen molar-refractivity contribution in [1.29, 1.82) is 0 Å². The number of carbonyl (C=O) groups excluding carboxylic acids is 1. The van der Waals surface area contributed by atoms with Crippen LogP contribution in [-0.4, -0.2) is 51.3 Å². The Morgan fingerprint density at radius 2 is 1.72 bits per heavy atom. The van der Waals surface area contributed by atoms with Crippen LogP contribution in [0.15, 0.2) is 47.4 Å². The lowest BCUT2D eigenvalue weighted by molar-refractivity contribution is -0.133. The number of nitrogens with zero attached hydrogens (tertiary/aromatic N) is 2. The summed E-state index contributed by atoms with van der Waals surface area (Å²) in [5, 5.41) is 0.115. The molecule has 0 aliphatic carbocycles. The molecule has 0 saturated carbocycles. The average molecular weight is 481 g/mol. The molecule has 2 aromatic rings. The maximum atomic E-state index is 12.9. The summed E-state index contributed by atoms with van der Waals surface area (Å²) < 4.78 is 31.1. The molecule has 0 saturated heterocycles. The van der Waals surface area contributed by atoms with E-state index in [1.165, 1.54) is 6.07 Å². The van der Waals surface area contributed by atoms with Crippen molar-refractivity contribution in [2.45, 2.75) is 45.6 Å². The average Bonchev–Trinajstić information content (AvgIpc) is 2.63. The van der Waals surface area contributed by atoms with Gasteiger partial charge < -0.3 is 14.0 Å². The van der Waals surface area contributed by atoms with Crippen LogP contribution in [-0.2, 0) is 21.5 Å². The second-order valence-electron chi connectivity index (χ2n) is 9.43. The van der Waals surface area contributed by atoms with E-state index < -0.39 is 10.1 Å². The first-order valence-corrected chi connectivity index (χ1v) is 12.3. The van der Waals surface area contributed by atoms with Crippen molar-refractivity contribution < 1.29 is 17.4 Å². The van der Waals surface area contributed by atoms with Crippen LogP contribution in [0.3, 0.4) is 0 Å². The molecule has 0 aliphatic heterocycles. The summed E-state index contributed by atoms with van der Waals surface area (Å²) in [5.74, 6) is 0.239. The molecule has 0 N–H and O–H groups in total. The van der Waals surface area contributed by atoms with Crippen LogP contribution in [0.5, 0.6) is 5.75 Å². The lowest BCUT2D eigenvalue weighted by Gasteiger charge is -2.28. The van der Waals surface area contributed by atoms with E-state index in [1.54, 1.807) is 42.2 Å². The number of likely N-dealkylation sites (N-methyl/N-ethyl adjacent to an activating group) is 1. The fourth-order valence-electron chi connectivity index (χ4n) is 3.20. The van der Waals surface area contributed by atoms with Gasteiger partial charge in [0.05, 0.1) is 5.02 Å². The van der Waals surface area contributed by atoms with E-state index in [1.807, 2.05) is 45.8 Å². The summed E-state index contributed by atoms with van der Waals surface area (Å²) >= 11 is 6.12. The molecule has 0 spiro atoms. The molecule has 0 fully saturated rings. The Morgan fingerprint density at radius 3 is 2.31 bits per heavy atom. The van der Waals surface area contributed by atoms with Gasteiger partial charge in [0.25, 0.3) is 0 Å². The molecule has 2 aromatic carbocycles. The number of hydrogen-bond acceptors (Lipinski definition) is 5. The summed E-state index contributed by atoms with van der Waals surface area (Å²) in [6, 6.07) is 11.7. The second kappa shape index (κ2) is 10.7. The summed E-state index contributed by atoms with van der Waals surface area (Å²) in [6.07, 6.45) is 0.427. The molecule has 32 heavy (non-hydrogen) atoms. The van der Waals surface area contributed by atoms with Crippen molar-refractivity contribution in [3.05, 3.63) is 58.6 Å². The van der Waals surface area contributed by atoms with Crippen molar-refractivity contribution in [2.24, 2.45) is 5.41 Å². The molecule has 0 atom stereocenters. The molecule has 1 amide bonds. The van der Waals surface area contributed by atoms with E-state index >= 15 is 0 Å². The Bertz CT molecular complexity index is 1030. The fourth-order valence-corrected chi connectivity index (χ4v) is 4.91. The molecule has 2 rings (SSSR count). The molecule has 176 valence electrons. The van der Waals surface area contributed by atoms with E-state index in [0.29, 0.717) is 25.1 Å². The molecular formula is C24H33ClN2O4S. The number of amides is 1. The molecule has 0 radical (unpaired) electrons. The zero-order valence-corrected chi connectivity index (χ0v) is 21.3. The first-order valence-electron chi connectivity index (χ1n) is 10.5. The molecule has 0 heterocycles. The van der Waals surface area contributed by atoms with E-state index in [0.717, 1.165) is 12.1 Å². The number of rotatable bonds is 9. The summed E-state index contributed by atoms with van der Waals surface area (Å²) in [4.78, 5) is 16.7. The zero-order chi connectivity index (χ0) is 24.1. The van der Waals surface area contributed by atoms with Gasteiger partial charge in [-0.05, 0) is 55.8 Å². The number of carbonyl (C=O) groups is 1. The topological polar surface area (TPSA) is 66.9 Å². The molecule has 0 bridgehead atoms. The first kappa shape index (κ1) is 26.2. The highest BCUT2D eigenvalue weighted by Crippen LogP contribution is 2.28. The number of hydrogen-bond donors (Lipinski definition) is 0. The van der Waals surface area contributed by atoms with Crippen LogP contribution in [0.25, 0.3) is 0 Å². The van der Waals surface area contributed by atoms with Gasteiger partial charge in [0.1, 0.15) is 10.6 Å². The highest BCUT2D eigenvalue weighted by atomic mass is 35.5. The van der Waals surface area contributed by atoms with Gasteiger partial charge in [0, 0.05) is 26.1 Å². The molecule has 8 heteroatoms. The quantitative estimate of drug-likeness (QED) is 0.485. The van der Waals surface area contributed by atoms with Crippen LogP contribution in [0, 0.1) is 12.3 Å². The number of halogens is 1. The van der Waals surface area contributed by atoms with Gasteiger partial charge in [-0.2, -0.15) is 8.42 Å². The van der Waals surface area contributed by atoms with Crippen molar-refractivity contribution >= 4 is 27.6 Å². The van der Waals surface area contributed by atoms with E-state index in [2.05, 4.69) is 0 Å². The van der Waals surface area contributed by atoms with E-state index in [9.17, 15) is 13.2 Å². The second-order valence-corrected chi connectivity index (χ2v) is 11.3. The Kier molecular flexibility index (Phi) is 8.74. The lowest BCUT2D eigenvalue weighted by Crippen LogP contribution is -2.37. The Hall–Kier alpha value is -2.09. The first-order chi connectivity index (χ1) is 14.8. The van der Waals surface area contributed by atoms with Gasteiger partial charge in [-0.15, -0.1) is 0 Å². The van der Waals surface area contributed by atoms with E-state index in [-0.39, 0.29) is 27.0 Å². The maximum absolute atomic E-state index is 12.9. The number of benzene rings is 2. The summed E-state index contributed by atoms with van der Waals surface area (Å²) in [5.41, 5.74) is 1.17. The van der Waals surface area contributed by atoms with Crippen LogP contribution in [0.4, 0.5) is 0 Å². The van der Waals surface area contributed by atoms with Gasteiger partial charge in [-0.25, -0.2) is 0 Å². The Morgan fingerprint density at radius 1 is 1.06 bits per heavy atom. The van der Waals surface area contributed by atoms with Crippen molar-refractivity contribution in [1.82, 2.24) is 9.80 Å². The standard InChI is InChI=1S/C24H33ClN2O4S/c1-18-9-7-12-21(25)23(18)32(29,30)31-20-11-8-10-19(15-20)17-27(14-13-26(5)6)22(28)16-24(2,3)4/h7-12,15H,13-14,16-17H2,1-6H3. The van der Waals surface area contributed by atoms with Gasteiger partial charge in [-0.1, -0.05) is 56.6 Å². The largest absolute Gasteiger partial charge is 0.379 e. The Balaban J connectivity index is 2.25. The van der Waals surface area contributed by atoms with E-state index in [4.69, 9.17) is 15.8 Å². The SMILES string of the molecule is Cc1cccc(Cl)c1S(=O)(=O)Oc1cccc(CN(CCN(C)C)C(=O)CC(C)(C)C)c1. The lowest BCUT2D eigenvalue weighted by atomic mass is 9.91. The highest BCUT2D eigenvalue weighted by Gasteiger charge is 2.24.